The third kappa shape index (κ3) is 3.02. The first-order valence-electron chi connectivity index (χ1n) is 7.12. The molecule has 0 spiro atoms. The summed E-state index contributed by atoms with van der Waals surface area (Å²) >= 11 is 0. The molecule has 2 rings (SSSR count). The molecule has 0 unspecified atom stereocenters. The number of hydrogen-bond donors (Lipinski definition) is 1. The van der Waals surface area contributed by atoms with Crippen LogP contribution in [0.4, 0.5) is 5.82 Å². The SMILES string of the molecule is CC[C@@H](O)c1cnc(N2CCCCCC2)cc1C. The van der Waals surface area contributed by atoms with E-state index in [2.05, 4.69) is 22.9 Å². The third-order valence-electron chi connectivity index (χ3n) is 3.81. The number of aliphatic hydroxyl groups excluding tert-OH is 1. The molecule has 0 aromatic carbocycles. The van der Waals surface area contributed by atoms with Crippen molar-refractivity contribution in [2.75, 3.05) is 18.0 Å². The standard InChI is InChI=1S/C15H24N2O/c1-3-14(18)13-11-16-15(10-12(13)2)17-8-6-4-5-7-9-17/h10-11,14,18H,3-9H2,1-2H3/t14-/m1/s1. The first kappa shape index (κ1) is 13.3. The highest BCUT2D eigenvalue weighted by Crippen LogP contribution is 2.24. The summed E-state index contributed by atoms with van der Waals surface area (Å²) in [5, 5.41) is 9.90. The van der Waals surface area contributed by atoms with Crippen LogP contribution in [-0.4, -0.2) is 23.2 Å². The quantitative estimate of drug-likeness (QED) is 0.892. The van der Waals surface area contributed by atoms with Gasteiger partial charge < -0.3 is 10.0 Å². The molecular formula is C15H24N2O. The molecule has 3 heteroatoms. The summed E-state index contributed by atoms with van der Waals surface area (Å²) < 4.78 is 0. The molecule has 1 atom stereocenters. The van der Waals surface area contributed by atoms with Gasteiger partial charge in [-0.2, -0.15) is 0 Å². The van der Waals surface area contributed by atoms with Gasteiger partial charge in [0, 0.05) is 24.8 Å². The number of hydrogen-bond acceptors (Lipinski definition) is 3. The van der Waals surface area contributed by atoms with Crippen LogP contribution in [0.5, 0.6) is 0 Å². The van der Waals surface area contributed by atoms with Crippen molar-refractivity contribution in [3.8, 4) is 0 Å². The maximum absolute atomic E-state index is 9.90. The minimum absolute atomic E-state index is 0.379. The van der Waals surface area contributed by atoms with Crippen molar-refractivity contribution in [1.29, 1.82) is 0 Å². The summed E-state index contributed by atoms with van der Waals surface area (Å²) in [4.78, 5) is 6.92. The Bertz CT molecular complexity index is 384. The fourth-order valence-electron chi connectivity index (χ4n) is 2.59. The van der Waals surface area contributed by atoms with Crippen LogP contribution < -0.4 is 4.90 Å². The maximum atomic E-state index is 9.90. The van der Waals surface area contributed by atoms with Gasteiger partial charge in [-0.1, -0.05) is 19.8 Å². The first-order valence-corrected chi connectivity index (χ1v) is 7.12. The van der Waals surface area contributed by atoms with Gasteiger partial charge in [-0.3, -0.25) is 0 Å². The summed E-state index contributed by atoms with van der Waals surface area (Å²) in [5.74, 6) is 1.07. The van der Waals surface area contributed by atoms with Gasteiger partial charge in [0.25, 0.3) is 0 Å². The van der Waals surface area contributed by atoms with Crippen molar-refractivity contribution < 1.29 is 5.11 Å². The van der Waals surface area contributed by atoms with E-state index in [0.29, 0.717) is 0 Å². The van der Waals surface area contributed by atoms with Crippen LogP contribution in [0.15, 0.2) is 12.3 Å². The monoisotopic (exact) mass is 248 g/mol. The van der Waals surface area contributed by atoms with Crippen molar-refractivity contribution >= 4 is 5.82 Å². The second-order valence-electron chi connectivity index (χ2n) is 5.22. The number of rotatable bonds is 3. The lowest BCUT2D eigenvalue weighted by Gasteiger charge is -2.23. The molecule has 1 saturated heterocycles. The van der Waals surface area contributed by atoms with Crippen LogP contribution in [0.3, 0.4) is 0 Å². The van der Waals surface area contributed by atoms with Crippen LogP contribution in [0.2, 0.25) is 0 Å². The van der Waals surface area contributed by atoms with Gasteiger partial charge in [-0.05, 0) is 37.8 Å². The molecule has 2 heterocycles. The molecule has 0 saturated carbocycles. The van der Waals surface area contributed by atoms with E-state index < -0.39 is 0 Å². The average Bonchev–Trinajstić information content (AvgIpc) is 2.66. The molecule has 1 aromatic heterocycles. The molecule has 3 nitrogen and oxygen atoms in total. The van der Waals surface area contributed by atoms with Gasteiger partial charge in [0.05, 0.1) is 6.10 Å². The van der Waals surface area contributed by atoms with E-state index in [0.717, 1.165) is 36.5 Å². The predicted molar refractivity (Wildman–Crippen MR) is 74.9 cm³/mol. The molecule has 100 valence electrons. The highest BCUT2D eigenvalue weighted by Gasteiger charge is 2.14. The van der Waals surface area contributed by atoms with E-state index >= 15 is 0 Å². The zero-order chi connectivity index (χ0) is 13.0. The summed E-state index contributed by atoms with van der Waals surface area (Å²) in [7, 11) is 0. The topological polar surface area (TPSA) is 36.4 Å². The second-order valence-corrected chi connectivity index (χ2v) is 5.22. The average molecular weight is 248 g/mol. The molecule has 0 amide bonds. The number of aliphatic hydroxyl groups is 1. The highest BCUT2D eigenvalue weighted by molar-refractivity contribution is 5.44. The summed E-state index contributed by atoms with van der Waals surface area (Å²) in [5.41, 5.74) is 2.12. The Labute approximate surface area is 110 Å². The second kappa shape index (κ2) is 6.19. The highest BCUT2D eigenvalue weighted by atomic mass is 16.3. The number of aryl methyl sites for hydroxylation is 1. The molecular weight excluding hydrogens is 224 g/mol. The molecule has 1 fully saturated rings. The van der Waals surface area contributed by atoms with E-state index in [4.69, 9.17) is 0 Å². The lowest BCUT2D eigenvalue weighted by atomic mass is 10.0. The maximum Gasteiger partial charge on any atom is 0.128 e. The van der Waals surface area contributed by atoms with Crippen molar-refractivity contribution in [2.24, 2.45) is 0 Å². The summed E-state index contributed by atoms with van der Waals surface area (Å²) in [6.45, 7) is 6.29. The molecule has 0 radical (unpaired) electrons. The predicted octanol–water partition coefficient (Wildman–Crippen LogP) is 3.21. The van der Waals surface area contributed by atoms with E-state index in [1.165, 1.54) is 25.7 Å². The van der Waals surface area contributed by atoms with E-state index in [-0.39, 0.29) is 6.10 Å². The Morgan fingerprint density at radius 2 is 1.94 bits per heavy atom. The zero-order valence-corrected chi connectivity index (χ0v) is 11.5. The summed E-state index contributed by atoms with van der Waals surface area (Å²) in [6, 6.07) is 2.12. The normalized spacial score (nSPS) is 18.5. The van der Waals surface area contributed by atoms with Gasteiger partial charge in [-0.15, -0.1) is 0 Å². The van der Waals surface area contributed by atoms with Crippen molar-refractivity contribution in [3.05, 3.63) is 23.4 Å². The van der Waals surface area contributed by atoms with Gasteiger partial charge in [-0.25, -0.2) is 4.98 Å². The Balaban J connectivity index is 2.16. The van der Waals surface area contributed by atoms with Gasteiger partial charge in [0.2, 0.25) is 0 Å². The van der Waals surface area contributed by atoms with Crippen molar-refractivity contribution in [3.63, 3.8) is 0 Å². The molecule has 1 aromatic rings. The Morgan fingerprint density at radius 1 is 1.28 bits per heavy atom. The van der Waals surface area contributed by atoms with Gasteiger partial charge in [0.15, 0.2) is 0 Å². The number of anilines is 1. The minimum Gasteiger partial charge on any atom is -0.388 e. The van der Waals surface area contributed by atoms with Crippen molar-refractivity contribution in [1.82, 2.24) is 4.98 Å². The Morgan fingerprint density at radius 3 is 2.50 bits per heavy atom. The fourth-order valence-corrected chi connectivity index (χ4v) is 2.59. The molecule has 18 heavy (non-hydrogen) atoms. The van der Waals surface area contributed by atoms with Crippen LogP contribution in [-0.2, 0) is 0 Å². The number of pyridine rings is 1. The molecule has 1 aliphatic heterocycles. The molecule has 0 aliphatic carbocycles. The smallest absolute Gasteiger partial charge is 0.128 e. The van der Waals surface area contributed by atoms with Gasteiger partial charge in [0.1, 0.15) is 5.82 Å². The molecule has 1 N–H and O–H groups in total. The van der Waals surface area contributed by atoms with Crippen LogP contribution in [0, 0.1) is 6.92 Å². The van der Waals surface area contributed by atoms with Gasteiger partial charge >= 0.3 is 0 Å². The fraction of sp³-hybridized carbons (Fsp3) is 0.667. The van der Waals surface area contributed by atoms with E-state index in [9.17, 15) is 5.11 Å². The number of nitrogens with zero attached hydrogens (tertiary/aromatic N) is 2. The lowest BCUT2D eigenvalue weighted by Crippen LogP contribution is -2.25. The van der Waals surface area contributed by atoms with Crippen molar-refractivity contribution in [2.45, 2.75) is 52.1 Å². The molecule has 0 bridgehead atoms. The van der Waals surface area contributed by atoms with Crippen LogP contribution in [0.1, 0.15) is 56.3 Å². The Kier molecular flexibility index (Phi) is 4.59. The van der Waals surface area contributed by atoms with E-state index in [1.807, 2.05) is 13.1 Å². The van der Waals surface area contributed by atoms with E-state index in [1.54, 1.807) is 0 Å². The zero-order valence-electron chi connectivity index (χ0n) is 11.5. The lowest BCUT2D eigenvalue weighted by molar-refractivity contribution is 0.172. The van der Waals surface area contributed by atoms with Crippen LogP contribution >= 0.6 is 0 Å². The summed E-state index contributed by atoms with van der Waals surface area (Å²) in [6.07, 6.45) is 7.41. The largest absolute Gasteiger partial charge is 0.388 e. The first-order chi connectivity index (χ1) is 8.72. The minimum atomic E-state index is -0.379. The molecule has 1 aliphatic rings. The third-order valence-corrected chi connectivity index (χ3v) is 3.81. The number of aromatic nitrogens is 1. The Hall–Kier alpha value is -1.09. The van der Waals surface area contributed by atoms with Crippen LogP contribution in [0.25, 0.3) is 0 Å².